The number of carbonyl (C=O) groups excluding carboxylic acids is 3. The maximum absolute atomic E-state index is 13.4. The second kappa shape index (κ2) is 11.6. The lowest BCUT2D eigenvalue weighted by molar-refractivity contribution is -0.149. The van der Waals surface area contributed by atoms with Gasteiger partial charge in [-0.25, -0.2) is 5.01 Å². The van der Waals surface area contributed by atoms with Crippen molar-refractivity contribution in [3.63, 3.8) is 0 Å². The highest BCUT2D eigenvalue weighted by Crippen LogP contribution is 2.27. The third kappa shape index (κ3) is 6.03. The Labute approximate surface area is 220 Å². The first kappa shape index (κ1) is 26.4. The average molecular weight is 524 g/mol. The van der Waals surface area contributed by atoms with Crippen molar-refractivity contribution in [1.29, 1.82) is 0 Å². The molecule has 2 N–H and O–H groups in total. The first-order valence-electron chi connectivity index (χ1n) is 12.3. The van der Waals surface area contributed by atoms with Crippen molar-refractivity contribution in [2.45, 2.75) is 26.3 Å². The standard InChI is InChI=1S/C28H30ClN3O5/c1-3-37-28(36)18-12-14-32(15-13-18)27(35)23-10-8-20(21-6-4-5-7-22(21)23)17-31(2)30-26(34)19-9-11-25(33)24(29)16-19/h4-11,16,18,33H,3,12-15,17H2,1-2H3,(H,30,34). The molecule has 3 aromatic rings. The van der Waals surface area contributed by atoms with Crippen LogP contribution in [0.4, 0.5) is 0 Å². The van der Waals surface area contributed by atoms with Crippen LogP contribution >= 0.6 is 11.6 Å². The maximum atomic E-state index is 13.4. The van der Waals surface area contributed by atoms with Crippen molar-refractivity contribution in [2.24, 2.45) is 5.92 Å². The van der Waals surface area contributed by atoms with E-state index in [1.54, 1.807) is 23.9 Å². The summed E-state index contributed by atoms with van der Waals surface area (Å²) in [7, 11) is 1.75. The Balaban J connectivity index is 1.47. The largest absolute Gasteiger partial charge is 0.506 e. The lowest BCUT2D eigenvalue weighted by Crippen LogP contribution is -2.40. The summed E-state index contributed by atoms with van der Waals surface area (Å²) in [6.45, 7) is 3.57. The molecular weight excluding hydrogens is 494 g/mol. The predicted molar refractivity (Wildman–Crippen MR) is 141 cm³/mol. The molecule has 9 heteroatoms. The molecule has 194 valence electrons. The maximum Gasteiger partial charge on any atom is 0.309 e. The molecule has 0 unspecified atom stereocenters. The highest BCUT2D eigenvalue weighted by atomic mass is 35.5. The molecule has 0 bridgehead atoms. The van der Waals surface area contributed by atoms with E-state index in [0.29, 0.717) is 50.2 Å². The second-order valence-electron chi connectivity index (χ2n) is 9.10. The van der Waals surface area contributed by atoms with Crippen LogP contribution in [-0.2, 0) is 16.1 Å². The van der Waals surface area contributed by atoms with E-state index in [4.69, 9.17) is 16.3 Å². The van der Waals surface area contributed by atoms with E-state index in [1.807, 2.05) is 36.4 Å². The van der Waals surface area contributed by atoms with Gasteiger partial charge in [-0.15, -0.1) is 0 Å². The number of hydrazine groups is 1. The summed E-state index contributed by atoms with van der Waals surface area (Å²) in [5, 5.41) is 13.1. The molecular formula is C28H30ClN3O5. The summed E-state index contributed by atoms with van der Waals surface area (Å²) in [6.07, 6.45) is 1.19. The number of phenols is 1. The first-order valence-corrected chi connectivity index (χ1v) is 12.6. The number of esters is 1. The molecule has 4 rings (SSSR count). The molecule has 0 saturated carbocycles. The zero-order chi connectivity index (χ0) is 26.5. The van der Waals surface area contributed by atoms with E-state index in [9.17, 15) is 19.5 Å². The number of nitrogens with one attached hydrogen (secondary N) is 1. The Bertz CT molecular complexity index is 1320. The summed E-state index contributed by atoms with van der Waals surface area (Å²) < 4.78 is 5.13. The topological polar surface area (TPSA) is 99.2 Å². The van der Waals surface area contributed by atoms with Gasteiger partial charge >= 0.3 is 5.97 Å². The normalized spacial score (nSPS) is 14.1. The number of nitrogens with zero attached hydrogens (tertiary/aromatic N) is 2. The van der Waals surface area contributed by atoms with Gasteiger partial charge in [0.05, 0.1) is 17.5 Å². The number of amides is 2. The fraction of sp³-hybridized carbons (Fsp3) is 0.321. The number of benzene rings is 3. The minimum Gasteiger partial charge on any atom is -0.506 e. The van der Waals surface area contributed by atoms with Gasteiger partial charge < -0.3 is 14.7 Å². The van der Waals surface area contributed by atoms with Gasteiger partial charge in [0.1, 0.15) is 5.75 Å². The number of ether oxygens (including phenoxy) is 1. The Morgan fingerprint density at radius 3 is 2.46 bits per heavy atom. The van der Waals surface area contributed by atoms with E-state index in [1.165, 1.54) is 18.2 Å². The van der Waals surface area contributed by atoms with Crippen molar-refractivity contribution in [1.82, 2.24) is 15.3 Å². The van der Waals surface area contributed by atoms with Gasteiger partial charge in [-0.05, 0) is 60.4 Å². The molecule has 0 spiro atoms. The Morgan fingerprint density at radius 1 is 1.08 bits per heavy atom. The van der Waals surface area contributed by atoms with Crippen molar-refractivity contribution in [3.8, 4) is 5.75 Å². The number of carbonyl (C=O) groups is 3. The van der Waals surface area contributed by atoms with Crippen LogP contribution in [0.15, 0.2) is 54.6 Å². The van der Waals surface area contributed by atoms with Gasteiger partial charge in [0.25, 0.3) is 11.8 Å². The van der Waals surface area contributed by atoms with Crippen molar-refractivity contribution < 1.29 is 24.2 Å². The van der Waals surface area contributed by atoms with Crippen LogP contribution in [0.25, 0.3) is 10.8 Å². The molecule has 3 aromatic carbocycles. The number of hydrogen-bond acceptors (Lipinski definition) is 6. The number of likely N-dealkylation sites (tertiary alicyclic amines) is 1. The zero-order valence-electron chi connectivity index (χ0n) is 20.9. The predicted octanol–water partition coefficient (Wildman–Crippen LogP) is 4.39. The number of fused-ring (bicyclic) bond motifs is 1. The summed E-state index contributed by atoms with van der Waals surface area (Å²) in [6, 6.07) is 15.7. The number of rotatable bonds is 7. The lowest BCUT2D eigenvalue weighted by atomic mass is 9.95. The molecule has 37 heavy (non-hydrogen) atoms. The van der Waals surface area contributed by atoms with Crippen LogP contribution in [0.5, 0.6) is 5.75 Å². The molecule has 1 fully saturated rings. The molecule has 0 aromatic heterocycles. The molecule has 0 aliphatic carbocycles. The lowest BCUT2D eigenvalue weighted by Gasteiger charge is -2.31. The van der Waals surface area contributed by atoms with Crippen LogP contribution in [0, 0.1) is 5.92 Å². The molecule has 1 heterocycles. The van der Waals surface area contributed by atoms with Gasteiger partial charge in [0, 0.05) is 37.8 Å². The first-order chi connectivity index (χ1) is 17.8. The third-order valence-electron chi connectivity index (χ3n) is 6.56. The van der Waals surface area contributed by atoms with Crippen LogP contribution in [0.1, 0.15) is 46.0 Å². The molecule has 8 nitrogen and oxygen atoms in total. The highest BCUT2D eigenvalue weighted by Gasteiger charge is 2.29. The van der Waals surface area contributed by atoms with Gasteiger partial charge in [0.15, 0.2) is 0 Å². The van der Waals surface area contributed by atoms with E-state index < -0.39 is 0 Å². The highest BCUT2D eigenvalue weighted by molar-refractivity contribution is 6.32. The Kier molecular flexibility index (Phi) is 8.31. The summed E-state index contributed by atoms with van der Waals surface area (Å²) in [5.41, 5.74) is 4.69. The summed E-state index contributed by atoms with van der Waals surface area (Å²) in [5.74, 6) is -0.848. The van der Waals surface area contributed by atoms with E-state index in [0.717, 1.165) is 16.3 Å². The van der Waals surface area contributed by atoms with Gasteiger partial charge in [-0.1, -0.05) is 41.9 Å². The van der Waals surface area contributed by atoms with Crippen LogP contribution in [0.3, 0.4) is 0 Å². The van der Waals surface area contributed by atoms with Gasteiger partial charge in [0.2, 0.25) is 0 Å². The molecule has 1 aliphatic heterocycles. The van der Waals surface area contributed by atoms with Gasteiger partial charge in [-0.2, -0.15) is 0 Å². The Morgan fingerprint density at radius 2 is 1.78 bits per heavy atom. The van der Waals surface area contributed by atoms with Crippen molar-refractivity contribution in [2.75, 3.05) is 26.7 Å². The SMILES string of the molecule is CCOC(=O)C1CCN(C(=O)c2ccc(CN(C)NC(=O)c3ccc(O)c(Cl)c3)c3ccccc23)CC1. The van der Waals surface area contributed by atoms with Gasteiger partial charge in [-0.3, -0.25) is 19.8 Å². The molecule has 2 amide bonds. The minimum absolute atomic E-state index is 0.0593. The quantitative estimate of drug-likeness (QED) is 0.352. The second-order valence-corrected chi connectivity index (χ2v) is 9.51. The fourth-order valence-corrected chi connectivity index (χ4v) is 4.80. The number of phenolic OH excluding ortho intramolecular Hbond substituents is 1. The zero-order valence-corrected chi connectivity index (χ0v) is 21.6. The van der Waals surface area contributed by atoms with Crippen molar-refractivity contribution in [3.05, 3.63) is 76.3 Å². The van der Waals surface area contributed by atoms with Crippen LogP contribution in [-0.4, -0.2) is 59.5 Å². The monoisotopic (exact) mass is 523 g/mol. The number of piperidine rings is 1. The Hall–Kier alpha value is -3.62. The fourth-order valence-electron chi connectivity index (χ4n) is 4.62. The van der Waals surface area contributed by atoms with Crippen LogP contribution < -0.4 is 5.43 Å². The average Bonchev–Trinajstić information content (AvgIpc) is 2.90. The smallest absolute Gasteiger partial charge is 0.309 e. The van der Waals surface area contributed by atoms with E-state index in [-0.39, 0.29) is 34.5 Å². The number of halogens is 1. The van der Waals surface area contributed by atoms with Crippen LogP contribution in [0.2, 0.25) is 5.02 Å². The summed E-state index contributed by atoms with van der Waals surface area (Å²) >= 11 is 5.92. The molecule has 1 aliphatic rings. The number of hydrogen-bond donors (Lipinski definition) is 2. The third-order valence-corrected chi connectivity index (χ3v) is 6.86. The summed E-state index contributed by atoms with van der Waals surface area (Å²) in [4.78, 5) is 39.9. The van der Waals surface area contributed by atoms with E-state index in [2.05, 4.69) is 5.43 Å². The molecule has 0 radical (unpaired) electrons. The minimum atomic E-state index is -0.355. The van der Waals surface area contributed by atoms with E-state index >= 15 is 0 Å². The molecule has 0 atom stereocenters. The number of aromatic hydroxyl groups is 1. The molecule has 1 saturated heterocycles. The van der Waals surface area contributed by atoms with Crippen molar-refractivity contribution >= 4 is 40.2 Å².